The molecule has 2 aliphatic rings. The van der Waals surface area contributed by atoms with Crippen molar-refractivity contribution in [2.45, 2.75) is 37.3 Å². The molecule has 1 fully saturated rings. The van der Waals surface area contributed by atoms with Crippen molar-refractivity contribution in [1.82, 2.24) is 5.32 Å². The van der Waals surface area contributed by atoms with Crippen LogP contribution in [0.5, 0.6) is 0 Å². The number of hydrogen-bond acceptors (Lipinski definition) is 6. The van der Waals surface area contributed by atoms with Crippen molar-refractivity contribution >= 4 is 23.7 Å². The lowest BCUT2D eigenvalue weighted by molar-refractivity contribution is -0.145. The van der Waals surface area contributed by atoms with Crippen molar-refractivity contribution in [3.63, 3.8) is 0 Å². The van der Waals surface area contributed by atoms with E-state index < -0.39 is 29.3 Å². The van der Waals surface area contributed by atoms with Gasteiger partial charge in [-0.05, 0) is 19.8 Å². The van der Waals surface area contributed by atoms with Crippen molar-refractivity contribution in [3.05, 3.63) is 10.6 Å². The molecule has 0 radical (unpaired) electrons. The van der Waals surface area contributed by atoms with Crippen LogP contribution in [-0.4, -0.2) is 51.4 Å². The molecular formula is C12H17NO6S. The fraction of sp³-hybridized carbons (Fsp3) is 0.667. The molecule has 4 N–H and O–H groups in total. The van der Waals surface area contributed by atoms with Gasteiger partial charge in [0.05, 0.1) is 17.6 Å². The second-order valence-electron chi connectivity index (χ2n) is 4.83. The second-order valence-corrected chi connectivity index (χ2v) is 6.02. The molecule has 8 heteroatoms. The molecule has 0 bridgehead atoms. The van der Waals surface area contributed by atoms with Crippen LogP contribution >= 0.6 is 11.8 Å². The van der Waals surface area contributed by atoms with Crippen LogP contribution < -0.4 is 5.32 Å². The van der Waals surface area contributed by atoms with Gasteiger partial charge < -0.3 is 25.4 Å². The number of nitrogens with one attached hydrogen (secondary N) is 1. The zero-order valence-electron chi connectivity index (χ0n) is 10.9. The van der Waals surface area contributed by atoms with Crippen molar-refractivity contribution in [2.75, 3.05) is 6.61 Å². The van der Waals surface area contributed by atoms with E-state index in [1.807, 2.05) is 0 Å². The van der Waals surface area contributed by atoms with E-state index in [1.165, 1.54) is 6.92 Å². The first-order chi connectivity index (χ1) is 9.41. The monoisotopic (exact) mass is 303 g/mol. The number of hydrogen-bond donors (Lipinski definition) is 4. The maximum atomic E-state index is 11.3. The molecule has 7 nitrogen and oxygen atoms in total. The van der Waals surface area contributed by atoms with Gasteiger partial charge in [-0.1, -0.05) is 11.8 Å². The highest BCUT2D eigenvalue weighted by atomic mass is 32.2. The zero-order chi connectivity index (χ0) is 14.9. The van der Waals surface area contributed by atoms with Gasteiger partial charge >= 0.3 is 11.9 Å². The van der Waals surface area contributed by atoms with Gasteiger partial charge in [0, 0.05) is 11.5 Å². The molecule has 2 heterocycles. The molecule has 20 heavy (non-hydrogen) atoms. The Labute approximate surface area is 120 Å². The average Bonchev–Trinajstić information content (AvgIpc) is 2.94. The van der Waals surface area contributed by atoms with Crippen LogP contribution in [0.2, 0.25) is 0 Å². The quantitative estimate of drug-likeness (QED) is 0.569. The predicted molar refractivity (Wildman–Crippen MR) is 71.0 cm³/mol. The summed E-state index contributed by atoms with van der Waals surface area (Å²) in [6, 6.07) is 0. The number of carboxylic acid groups (broad SMARTS) is 2. The van der Waals surface area contributed by atoms with E-state index in [9.17, 15) is 24.9 Å². The summed E-state index contributed by atoms with van der Waals surface area (Å²) in [5.74, 6) is -3.39. The molecule has 0 unspecified atom stereocenters. The number of aliphatic hydroxyl groups is 1. The molecule has 4 atom stereocenters. The molecule has 0 aromatic carbocycles. The van der Waals surface area contributed by atoms with Crippen molar-refractivity contribution in [2.24, 2.45) is 5.92 Å². The largest absolute Gasteiger partial charge is 0.481 e. The van der Waals surface area contributed by atoms with Gasteiger partial charge in [-0.3, -0.25) is 4.79 Å². The lowest BCUT2D eigenvalue weighted by atomic mass is 10.0. The lowest BCUT2D eigenvalue weighted by Gasteiger charge is -2.22. The Hall–Kier alpha value is -1.25. The summed E-state index contributed by atoms with van der Waals surface area (Å²) in [5.41, 5.74) is -0.0150. The van der Waals surface area contributed by atoms with Gasteiger partial charge in [-0.15, -0.1) is 0 Å². The number of carboxylic acids is 2. The highest BCUT2D eigenvalue weighted by Crippen LogP contribution is 2.40. The molecule has 1 saturated heterocycles. The third-order valence-corrected chi connectivity index (χ3v) is 4.74. The predicted octanol–water partition coefficient (Wildman–Crippen LogP) is 0.206. The number of rotatable bonds is 5. The maximum Gasteiger partial charge on any atom is 0.352 e. The first kappa shape index (κ1) is 15.1. The molecule has 2 aliphatic heterocycles. The highest BCUT2D eigenvalue weighted by molar-refractivity contribution is 8.04. The molecular weight excluding hydrogens is 286 g/mol. The Bertz CT molecular complexity index is 443. The van der Waals surface area contributed by atoms with Gasteiger partial charge in [0.2, 0.25) is 0 Å². The summed E-state index contributed by atoms with van der Waals surface area (Å²) >= 11 is 1.13. The molecule has 0 amide bonds. The van der Waals surface area contributed by atoms with Crippen LogP contribution in [0.1, 0.15) is 19.8 Å². The normalized spacial score (nSPS) is 29.1. The molecule has 2 rings (SSSR count). The number of thioether (sulfide) groups is 1. The Balaban J connectivity index is 2.20. The van der Waals surface area contributed by atoms with Gasteiger partial charge in [0.25, 0.3) is 0 Å². The van der Waals surface area contributed by atoms with Crippen LogP contribution in [-0.2, 0) is 14.3 Å². The van der Waals surface area contributed by atoms with E-state index in [1.54, 1.807) is 0 Å². The van der Waals surface area contributed by atoms with Crippen LogP contribution in [0.25, 0.3) is 0 Å². The number of ether oxygens (including phenoxy) is 1. The average molecular weight is 303 g/mol. The summed E-state index contributed by atoms with van der Waals surface area (Å²) in [4.78, 5) is 23.0. The Kier molecular flexibility index (Phi) is 4.56. The number of carbonyl (C=O) groups is 2. The van der Waals surface area contributed by atoms with Crippen LogP contribution in [0.15, 0.2) is 10.6 Å². The topological polar surface area (TPSA) is 116 Å². The molecule has 0 aliphatic carbocycles. The van der Waals surface area contributed by atoms with E-state index in [4.69, 9.17) is 4.74 Å². The third-order valence-electron chi connectivity index (χ3n) is 3.35. The number of aliphatic carboxylic acids is 2. The molecule has 0 aromatic heterocycles. The Morgan fingerprint density at radius 3 is 2.60 bits per heavy atom. The van der Waals surface area contributed by atoms with E-state index in [0.717, 1.165) is 24.6 Å². The standard InChI is InChI=1S/C12H17NO6S/c1-5(14)7(11(15)16)10-13-8(12(17)18)9(20-10)6-3-2-4-19-6/h5-7,10,13-14H,2-4H2,1H3,(H,15,16)(H,17,18)/t5-,6-,7-,10-/m1/s1. The maximum absolute atomic E-state index is 11.3. The zero-order valence-corrected chi connectivity index (χ0v) is 11.7. The highest BCUT2D eigenvalue weighted by Gasteiger charge is 2.42. The fourth-order valence-corrected chi connectivity index (χ4v) is 3.92. The minimum absolute atomic E-state index is 0.0150. The summed E-state index contributed by atoms with van der Waals surface area (Å²) in [6.07, 6.45) is 0.189. The fourth-order valence-electron chi connectivity index (χ4n) is 2.38. The van der Waals surface area contributed by atoms with Gasteiger partial charge in [-0.2, -0.15) is 0 Å². The van der Waals surface area contributed by atoms with Crippen LogP contribution in [0.3, 0.4) is 0 Å². The van der Waals surface area contributed by atoms with E-state index in [-0.39, 0.29) is 11.8 Å². The van der Waals surface area contributed by atoms with Crippen LogP contribution in [0, 0.1) is 5.92 Å². The lowest BCUT2D eigenvalue weighted by Crippen LogP contribution is -2.41. The minimum Gasteiger partial charge on any atom is -0.481 e. The van der Waals surface area contributed by atoms with E-state index >= 15 is 0 Å². The SMILES string of the molecule is C[C@@H](O)[C@@H](C(=O)O)[C@@H]1NC(C(=O)O)=C([C@H]2CCCO2)S1. The van der Waals surface area contributed by atoms with Gasteiger partial charge in [0.1, 0.15) is 11.6 Å². The van der Waals surface area contributed by atoms with Gasteiger partial charge in [-0.25, -0.2) is 4.79 Å². The Morgan fingerprint density at radius 2 is 2.15 bits per heavy atom. The third kappa shape index (κ3) is 2.92. The van der Waals surface area contributed by atoms with Gasteiger partial charge in [0.15, 0.2) is 0 Å². The van der Waals surface area contributed by atoms with Crippen LogP contribution in [0.4, 0.5) is 0 Å². The first-order valence-corrected chi connectivity index (χ1v) is 7.23. The summed E-state index contributed by atoms with van der Waals surface area (Å²) < 4.78 is 5.47. The van der Waals surface area contributed by atoms with E-state index in [2.05, 4.69) is 5.32 Å². The summed E-state index contributed by atoms with van der Waals surface area (Å²) in [7, 11) is 0. The van der Waals surface area contributed by atoms with E-state index in [0.29, 0.717) is 11.5 Å². The molecule has 0 aromatic rings. The second kappa shape index (κ2) is 6.02. The summed E-state index contributed by atoms with van der Waals surface area (Å²) in [6.45, 7) is 1.95. The smallest absolute Gasteiger partial charge is 0.352 e. The molecule has 112 valence electrons. The first-order valence-electron chi connectivity index (χ1n) is 6.35. The van der Waals surface area contributed by atoms with Crippen molar-refractivity contribution in [1.29, 1.82) is 0 Å². The molecule has 0 spiro atoms. The number of aliphatic hydroxyl groups excluding tert-OH is 1. The van der Waals surface area contributed by atoms with Crippen molar-refractivity contribution in [3.8, 4) is 0 Å². The minimum atomic E-state index is -1.16. The summed E-state index contributed by atoms with van der Waals surface area (Å²) in [5, 5.41) is 30.0. The Morgan fingerprint density at radius 1 is 1.45 bits per heavy atom. The van der Waals surface area contributed by atoms with Crippen molar-refractivity contribution < 1.29 is 29.6 Å². The molecule has 0 saturated carbocycles.